The summed E-state index contributed by atoms with van der Waals surface area (Å²) in [6.07, 6.45) is 0.982. The van der Waals surface area contributed by atoms with E-state index in [1.807, 2.05) is 43.8 Å². The lowest BCUT2D eigenvalue weighted by Gasteiger charge is -2.14. The Labute approximate surface area is 132 Å². The van der Waals surface area contributed by atoms with Crippen LogP contribution in [-0.4, -0.2) is 30.0 Å². The van der Waals surface area contributed by atoms with E-state index in [1.165, 1.54) is 0 Å². The van der Waals surface area contributed by atoms with Crippen LogP contribution < -0.4 is 11.1 Å². The summed E-state index contributed by atoms with van der Waals surface area (Å²) in [6.45, 7) is 6.47. The first-order valence-electron chi connectivity index (χ1n) is 7.26. The minimum Gasteiger partial charge on any atom is -0.350 e. The van der Waals surface area contributed by atoms with Crippen LogP contribution in [0.15, 0.2) is 18.2 Å². The van der Waals surface area contributed by atoms with Crippen molar-refractivity contribution in [2.75, 3.05) is 18.1 Å². The number of rotatable bonds is 6. The third kappa shape index (κ3) is 6.70. The van der Waals surface area contributed by atoms with Gasteiger partial charge in [-0.15, -0.1) is 0 Å². The molecule has 3 nitrogen and oxygen atoms in total. The van der Waals surface area contributed by atoms with Gasteiger partial charge in [-0.25, -0.2) is 0 Å². The van der Waals surface area contributed by atoms with Crippen molar-refractivity contribution in [1.82, 2.24) is 5.32 Å². The van der Waals surface area contributed by atoms with Gasteiger partial charge in [-0.1, -0.05) is 18.8 Å². The fourth-order valence-electron chi connectivity index (χ4n) is 1.92. The minimum absolute atomic E-state index is 0.0384. The van der Waals surface area contributed by atoms with E-state index in [0.29, 0.717) is 12.1 Å². The average Bonchev–Trinajstić information content (AvgIpc) is 2.44. The molecule has 1 atom stereocenters. The largest absolute Gasteiger partial charge is 0.350 e. The van der Waals surface area contributed by atoms with E-state index >= 15 is 0 Å². The van der Waals surface area contributed by atoms with Crippen molar-refractivity contribution in [3.8, 4) is 11.8 Å². The van der Waals surface area contributed by atoms with Crippen molar-refractivity contribution < 1.29 is 4.79 Å². The van der Waals surface area contributed by atoms with E-state index in [2.05, 4.69) is 24.1 Å². The van der Waals surface area contributed by atoms with E-state index in [0.717, 1.165) is 29.1 Å². The fraction of sp³-hybridized carbons (Fsp3) is 0.471. The van der Waals surface area contributed by atoms with Crippen LogP contribution in [0.2, 0.25) is 0 Å². The van der Waals surface area contributed by atoms with Gasteiger partial charge >= 0.3 is 0 Å². The number of carbonyl (C=O) groups is 1. The topological polar surface area (TPSA) is 55.1 Å². The lowest BCUT2D eigenvalue weighted by atomic mass is 10.1. The molecule has 0 aliphatic rings. The third-order valence-corrected chi connectivity index (χ3v) is 3.88. The summed E-state index contributed by atoms with van der Waals surface area (Å²) in [5, 5.41) is 3.04. The molecule has 0 saturated carbocycles. The van der Waals surface area contributed by atoms with E-state index in [4.69, 9.17) is 5.73 Å². The van der Waals surface area contributed by atoms with Crippen LogP contribution in [0.25, 0.3) is 0 Å². The van der Waals surface area contributed by atoms with E-state index in [1.54, 1.807) is 0 Å². The molecule has 21 heavy (non-hydrogen) atoms. The zero-order valence-electron chi connectivity index (χ0n) is 13.0. The Hall–Kier alpha value is -1.44. The second-order valence-electron chi connectivity index (χ2n) is 4.95. The first-order valence-corrected chi connectivity index (χ1v) is 8.41. The normalized spacial score (nSPS) is 11.4. The highest BCUT2D eigenvalue weighted by Gasteiger charge is 2.10. The van der Waals surface area contributed by atoms with Crippen molar-refractivity contribution in [3.05, 3.63) is 34.9 Å². The standard InChI is InChI=1S/C17H24N2OS/c1-4-21-9-7-14(3)19-17(20)16-11-13(2)10-15(12-16)6-5-8-18/h10-12,14H,4,7-9,18H2,1-3H3,(H,19,20). The molecule has 0 aromatic heterocycles. The summed E-state index contributed by atoms with van der Waals surface area (Å²) in [5.41, 5.74) is 7.90. The quantitative estimate of drug-likeness (QED) is 0.627. The van der Waals surface area contributed by atoms with Crippen LogP contribution in [-0.2, 0) is 0 Å². The molecule has 0 saturated heterocycles. The molecule has 0 aliphatic heterocycles. The zero-order valence-corrected chi connectivity index (χ0v) is 13.8. The highest BCUT2D eigenvalue weighted by molar-refractivity contribution is 7.99. The smallest absolute Gasteiger partial charge is 0.251 e. The van der Waals surface area contributed by atoms with Crippen LogP contribution in [0.1, 0.15) is 41.8 Å². The number of nitrogens with one attached hydrogen (secondary N) is 1. The molecule has 4 heteroatoms. The first kappa shape index (κ1) is 17.6. The molecule has 0 fully saturated rings. The Morgan fingerprint density at radius 3 is 2.86 bits per heavy atom. The number of amides is 1. The van der Waals surface area contributed by atoms with Gasteiger partial charge in [0.1, 0.15) is 0 Å². The number of aryl methyl sites for hydroxylation is 1. The predicted octanol–water partition coefficient (Wildman–Crippen LogP) is 2.57. The van der Waals surface area contributed by atoms with Gasteiger partial charge in [-0.3, -0.25) is 4.79 Å². The lowest BCUT2D eigenvalue weighted by molar-refractivity contribution is 0.0939. The highest BCUT2D eigenvalue weighted by atomic mass is 32.2. The summed E-state index contributed by atoms with van der Waals surface area (Å²) in [4.78, 5) is 12.3. The summed E-state index contributed by atoms with van der Waals surface area (Å²) >= 11 is 1.89. The maximum absolute atomic E-state index is 12.3. The SMILES string of the molecule is CCSCCC(C)NC(=O)c1cc(C)cc(C#CCN)c1. The van der Waals surface area contributed by atoms with Crippen LogP contribution in [0.5, 0.6) is 0 Å². The number of carbonyl (C=O) groups excluding carboxylic acids is 1. The molecule has 1 unspecified atom stereocenters. The van der Waals surface area contributed by atoms with Gasteiger partial charge in [0.25, 0.3) is 5.91 Å². The van der Waals surface area contributed by atoms with Crippen molar-refractivity contribution in [2.24, 2.45) is 5.73 Å². The molecule has 0 aliphatic carbocycles. The van der Waals surface area contributed by atoms with Gasteiger partial charge in [0, 0.05) is 17.2 Å². The van der Waals surface area contributed by atoms with Gasteiger partial charge in [-0.2, -0.15) is 11.8 Å². The average molecular weight is 304 g/mol. The Bertz CT molecular complexity index is 531. The van der Waals surface area contributed by atoms with E-state index in [-0.39, 0.29) is 11.9 Å². The van der Waals surface area contributed by atoms with E-state index in [9.17, 15) is 4.79 Å². The summed E-state index contributed by atoms with van der Waals surface area (Å²) in [7, 11) is 0. The van der Waals surface area contributed by atoms with Crippen LogP contribution >= 0.6 is 11.8 Å². The monoisotopic (exact) mass is 304 g/mol. The summed E-state index contributed by atoms with van der Waals surface area (Å²) in [6, 6.07) is 5.84. The number of thioether (sulfide) groups is 1. The summed E-state index contributed by atoms with van der Waals surface area (Å²) < 4.78 is 0. The molecule has 1 aromatic rings. The second kappa shape index (κ2) is 9.49. The third-order valence-electron chi connectivity index (χ3n) is 2.95. The lowest BCUT2D eigenvalue weighted by Crippen LogP contribution is -2.33. The molecule has 1 amide bonds. The maximum atomic E-state index is 12.3. The molecule has 0 radical (unpaired) electrons. The van der Waals surface area contributed by atoms with Crippen molar-refractivity contribution in [3.63, 3.8) is 0 Å². The van der Waals surface area contributed by atoms with Gasteiger partial charge in [0.2, 0.25) is 0 Å². The van der Waals surface area contributed by atoms with Crippen molar-refractivity contribution >= 4 is 17.7 Å². The Morgan fingerprint density at radius 1 is 1.43 bits per heavy atom. The van der Waals surface area contributed by atoms with E-state index < -0.39 is 0 Å². The Morgan fingerprint density at radius 2 is 2.19 bits per heavy atom. The van der Waals surface area contributed by atoms with Gasteiger partial charge < -0.3 is 11.1 Å². The highest BCUT2D eigenvalue weighted by Crippen LogP contribution is 2.10. The predicted molar refractivity (Wildman–Crippen MR) is 91.7 cm³/mol. The van der Waals surface area contributed by atoms with Gasteiger partial charge in [-0.05, 0) is 55.5 Å². The molecular formula is C17H24N2OS. The van der Waals surface area contributed by atoms with Crippen molar-refractivity contribution in [2.45, 2.75) is 33.2 Å². The van der Waals surface area contributed by atoms with Crippen LogP contribution in [0, 0.1) is 18.8 Å². The number of benzene rings is 1. The maximum Gasteiger partial charge on any atom is 0.251 e. The van der Waals surface area contributed by atoms with Gasteiger partial charge in [0.15, 0.2) is 0 Å². The van der Waals surface area contributed by atoms with Gasteiger partial charge in [0.05, 0.1) is 6.54 Å². The molecule has 0 heterocycles. The van der Waals surface area contributed by atoms with Crippen LogP contribution in [0.3, 0.4) is 0 Å². The number of hydrogen-bond acceptors (Lipinski definition) is 3. The Kier molecular flexibility index (Phi) is 7.96. The summed E-state index contributed by atoms with van der Waals surface area (Å²) in [5.74, 6) is 7.94. The number of hydrogen-bond donors (Lipinski definition) is 2. The minimum atomic E-state index is -0.0384. The molecule has 3 N–H and O–H groups in total. The molecule has 1 rings (SSSR count). The molecule has 1 aromatic carbocycles. The molecule has 0 bridgehead atoms. The first-order chi connectivity index (χ1) is 10.1. The van der Waals surface area contributed by atoms with Crippen LogP contribution in [0.4, 0.5) is 0 Å². The van der Waals surface area contributed by atoms with Crippen molar-refractivity contribution in [1.29, 1.82) is 0 Å². The molecule has 114 valence electrons. The Balaban J connectivity index is 2.71. The molecular weight excluding hydrogens is 280 g/mol. The number of nitrogens with two attached hydrogens (primary N) is 1. The fourth-order valence-corrected chi connectivity index (χ4v) is 2.73. The second-order valence-corrected chi connectivity index (χ2v) is 6.35. The molecule has 0 spiro atoms. The zero-order chi connectivity index (χ0) is 15.7.